The molecule has 0 aliphatic heterocycles. The number of amides is 1. The van der Waals surface area contributed by atoms with Gasteiger partial charge in [-0.2, -0.15) is 5.26 Å². The van der Waals surface area contributed by atoms with Crippen molar-refractivity contribution in [1.82, 2.24) is 4.90 Å². The van der Waals surface area contributed by atoms with Gasteiger partial charge in [0.1, 0.15) is 0 Å². The summed E-state index contributed by atoms with van der Waals surface area (Å²) in [5.74, 6) is 0.0371. The second kappa shape index (κ2) is 6.24. The monoisotopic (exact) mass is 259 g/mol. The van der Waals surface area contributed by atoms with Gasteiger partial charge in [0.15, 0.2) is 0 Å². The van der Waals surface area contributed by atoms with Crippen LogP contribution in [-0.2, 0) is 10.2 Å². The number of anilines is 1. The Morgan fingerprint density at radius 2 is 1.95 bits per heavy atom. The zero-order valence-corrected chi connectivity index (χ0v) is 11.8. The standard InChI is InChI=1S/C15H21N3O/c1-4-18(11-5-10-16)14(19)15(2,3)12-6-8-13(17)9-7-12/h6-9H,4-5,11,17H2,1-3H3. The van der Waals surface area contributed by atoms with Crippen LogP contribution in [0.2, 0.25) is 0 Å². The zero-order chi connectivity index (χ0) is 14.5. The highest BCUT2D eigenvalue weighted by Gasteiger charge is 2.32. The smallest absolute Gasteiger partial charge is 0.232 e. The number of carbonyl (C=O) groups excluding carboxylic acids is 1. The largest absolute Gasteiger partial charge is 0.399 e. The van der Waals surface area contributed by atoms with Gasteiger partial charge in [-0.15, -0.1) is 0 Å². The van der Waals surface area contributed by atoms with Crippen LogP contribution in [0.5, 0.6) is 0 Å². The summed E-state index contributed by atoms with van der Waals surface area (Å²) < 4.78 is 0. The van der Waals surface area contributed by atoms with Crippen molar-refractivity contribution >= 4 is 11.6 Å². The normalized spacial score (nSPS) is 10.8. The number of likely N-dealkylation sites (N-methyl/N-ethyl adjacent to an activating group) is 1. The molecule has 0 spiro atoms. The first-order valence-electron chi connectivity index (χ1n) is 6.45. The van der Waals surface area contributed by atoms with Crippen molar-refractivity contribution in [3.63, 3.8) is 0 Å². The fourth-order valence-corrected chi connectivity index (χ4v) is 2.01. The van der Waals surface area contributed by atoms with Crippen LogP contribution in [0.25, 0.3) is 0 Å². The molecular weight excluding hydrogens is 238 g/mol. The van der Waals surface area contributed by atoms with Gasteiger partial charge in [-0.3, -0.25) is 4.79 Å². The Hall–Kier alpha value is -2.02. The van der Waals surface area contributed by atoms with E-state index in [9.17, 15) is 4.79 Å². The number of nitrogen functional groups attached to an aromatic ring is 1. The van der Waals surface area contributed by atoms with Crippen LogP contribution in [-0.4, -0.2) is 23.9 Å². The third kappa shape index (κ3) is 3.47. The van der Waals surface area contributed by atoms with E-state index in [1.807, 2.05) is 32.9 Å². The maximum absolute atomic E-state index is 12.6. The van der Waals surface area contributed by atoms with E-state index in [0.717, 1.165) is 5.56 Å². The summed E-state index contributed by atoms with van der Waals surface area (Å²) >= 11 is 0. The number of carbonyl (C=O) groups is 1. The maximum atomic E-state index is 12.6. The molecule has 1 aromatic carbocycles. The molecule has 19 heavy (non-hydrogen) atoms. The van der Waals surface area contributed by atoms with Crippen molar-refractivity contribution in [3.8, 4) is 6.07 Å². The second-order valence-corrected chi connectivity index (χ2v) is 5.04. The first kappa shape index (κ1) is 15.0. The lowest BCUT2D eigenvalue weighted by atomic mass is 9.83. The summed E-state index contributed by atoms with van der Waals surface area (Å²) in [6.07, 6.45) is 0.359. The molecule has 4 nitrogen and oxygen atoms in total. The average molecular weight is 259 g/mol. The number of hydrogen-bond donors (Lipinski definition) is 1. The summed E-state index contributed by atoms with van der Waals surface area (Å²) in [4.78, 5) is 14.3. The van der Waals surface area contributed by atoms with Crippen LogP contribution >= 0.6 is 0 Å². The second-order valence-electron chi connectivity index (χ2n) is 5.04. The van der Waals surface area contributed by atoms with Gasteiger partial charge < -0.3 is 10.6 Å². The van der Waals surface area contributed by atoms with E-state index >= 15 is 0 Å². The number of nitriles is 1. The molecule has 1 amide bonds. The van der Waals surface area contributed by atoms with E-state index < -0.39 is 5.41 Å². The number of nitrogens with zero attached hydrogens (tertiary/aromatic N) is 2. The molecule has 0 heterocycles. The molecule has 1 aromatic rings. The maximum Gasteiger partial charge on any atom is 0.232 e. The fourth-order valence-electron chi connectivity index (χ4n) is 2.01. The highest BCUT2D eigenvalue weighted by molar-refractivity contribution is 5.87. The van der Waals surface area contributed by atoms with Gasteiger partial charge in [0.2, 0.25) is 5.91 Å². The third-order valence-corrected chi connectivity index (χ3v) is 3.33. The molecule has 0 aliphatic carbocycles. The Labute approximate surface area is 114 Å². The fraction of sp³-hybridized carbons (Fsp3) is 0.467. The Bertz CT molecular complexity index is 471. The first-order valence-corrected chi connectivity index (χ1v) is 6.45. The molecule has 0 radical (unpaired) electrons. The molecule has 0 bridgehead atoms. The highest BCUT2D eigenvalue weighted by Crippen LogP contribution is 2.26. The van der Waals surface area contributed by atoms with Crippen molar-refractivity contribution in [2.24, 2.45) is 0 Å². The Morgan fingerprint density at radius 1 is 1.37 bits per heavy atom. The number of hydrogen-bond acceptors (Lipinski definition) is 3. The number of benzene rings is 1. The van der Waals surface area contributed by atoms with Gasteiger partial charge >= 0.3 is 0 Å². The van der Waals surface area contributed by atoms with Crippen LogP contribution in [0, 0.1) is 11.3 Å². The molecule has 1 rings (SSSR count). The van der Waals surface area contributed by atoms with E-state index in [1.165, 1.54) is 0 Å². The Balaban J connectivity index is 2.94. The van der Waals surface area contributed by atoms with Gasteiger partial charge in [0.25, 0.3) is 0 Å². The number of nitrogens with two attached hydrogens (primary N) is 1. The summed E-state index contributed by atoms with van der Waals surface area (Å²) in [7, 11) is 0. The summed E-state index contributed by atoms with van der Waals surface area (Å²) in [6.45, 7) is 6.81. The van der Waals surface area contributed by atoms with E-state index in [4.69, 9.17) is 11.0 Å². The molecule has 0 saturated heterocycles. The quantitative estimate of drug-likeness (QED) is 0.825. The predicted molar refractivity (Wildman–Crippen MR) is 76.4 cm³/mol. The van der Waals surface area contributed by atoms with Crippen molar-refractivity contribution in [1.29, 1.82) is 5.26 Å². The van der Waals surface area contributed by atoms with Crippen LogP contribution in [0.1, 0.15) is 32.8 Å². The van der Waals surface area contributed by atoms with Crippen molar-refractivity contribution in [2.45, 2.75) is 32.6 Å². The van der Waals surface area contributed by atoms with Gasteiger partial charge in [-0.25, -0.2) is 0 Å². The van der Waals surface area contributed by atoms with E-state index in [1.54, 1.807) is 17.0 Å². The molecule has 0 fully saturated rings. The Kier molecular flexibility index (Phi) is 4.94. The Morgan fingerprint density at radius 3 is 2.42 bits per heavy atom. The summed E-state index contributed by atoms with van der Waals surface area (Å²) in [5, 5.41) is 8.64. The van der Waals surface area contributed by atoms with Crippen molar-refractivity contribution in [3.05, 3.63) is 29.8 Å². The van der Waals surface area contributed by atoms with Crippen LogP contribution in [0.15, 0.2) is 24.3 Å². The molecule has 0 aromatic heterocycles. The molecule has 0 atom stereocenters. The zero-order valence-electron chi connectivity index (χ0n) is 11.8. The predicted octanol–water partition coefficient (Wildman–Crippen LogP) is 2.31. The van der Waals surface area contributed by atoms with Gasteiger partial charge in [0, 0.05) is 18.8 Å². The molecule has 0 saturated carbocycles. The van der Waals surface area contributed by atoms with Crippen molar-refractivity contribution in [2.75, 3.05) is 18.8 Å². The van der Waals surface area contributed by atoms with Gasteiger partial charge in [0.05, 0.1) is 17.9 Å². The van der Waals surface area contributed by atoms with Crippen LogP contribution < -0.4 is 5.73 Å². The number of rotatable bonds is 5. The third-order valence-electron chi connectivity index (χ3n) is 3.33. The molecule has 2 N–H and O–H groups in total. The van der Waals surface area contributed by atoms with E-state index in [2.05, 4.69) is 6.07 Å². The highest BCUT2D eigenvalue weighted by atomic mass is 16.2. The van der Waals surface area contributed by atoms with E-state index in [0.29, 0.717) is 25.2 Å². The van der Waals surface area contributed by atoms with Crippen LogP contribution in [0.4, 0.5) is 5.69 Å². The summed E-state index contributed by atoms with van der Waals surface area (Å²) in [5.41, 5.74) is 6.67. The van der Waals surface area contributed by atoms with Gasteiger partial charge in [-0.05, 0) is 38.5 Å². The van der Waals surface area contributed by atoms with E-state index in [-0.39, 0.29) is 5.91 Å². The lowest BCUT2D eigenvalue weighted by Gasteiger charge is -2.31. The lowest BCUT2D eigenvalue weighted by molar-refractivity contribution is -0.136. The van der Waals surface area contributed by atoms with Crippen LogP contribution in [0.3, 0.4) is 0 Å². The molecule has 0 aliphatic rings. The van der Waals surface area contributed by atoms with Gasteiger partial charge in [-0.1, -0.05) is 12.1 Å². The molecule has 4 heteroatoms. The molecule has 102 valence electrons. The first-order chi connectivity index (χ1) is 8.93. The minimum atomic E-state index is -0.612. The summed E-state index contributed by atoms with van der Waals surface area (Å²) in [6, 6.07) is 9.44. The minimum absolute atomic E-state index is 0.0371. The lowest BCUT2D eigenvalue weighted by Crippen LogP contribution is -2.43. The molecular formula is C15H21N3O. The average Bonchev–Trinajstić information content (AvgIpc) is 2.39. The van der Waals surface area contributed by atoms with Crippen molar-refractivity contribution < 1.29 is 4.79 Å². The topological polar surface area (TPSA) is 70.1 Å². The SMILES string of the molecule is CCN(CCC#N)C(=O)C(C)(C)c1ccc(N)cc1. The molecule has 0 unspecified atom stereocenters. The minimum Gasteiger partial charge on any atom is -0.399 e.